The third kappa shape index (κ3) is 3.26. The van der Waals surface area contributed by atoms with Crippen LogP contribution in [-0.2, 0) is 4.79 Å². The summed E-state index contributed by atoms with van der Waals surface area (Å²) in [4.78, 5) is 13.8. The molecule has 3 heterocycles. The van der Waals surface area contributed by atoms with Crippen molar-refractivity contribution in [3.8, 4) is 0 Å². The number of hydrogen-bond acceptors (Lipinski definition) is 5. The first-order chi connectivity index (χ1) is 10.3. The zero-order valence-electron chi connectivity index (χ0n) is 12.7. The first kappa shape index (κ1) is 14.5. The molecular formula is C15H24N4O2. The molecule has 0 radical (unpaired) electrons. The summed E-state index contributed by atoms with van der Waals surface area (Å²) >= 11 is 0. The molecule has 2 aliphatic rings. The number of aromatic nitrogens is 2. The second-order valence-electron chi connectivity index (χ2n) is 6.05. The predicted octanol–water partition coefficient (Wildman–Crippen LogP) is 1.65. The molecule has 0 aromatic carbocycles. The van der Waals surface area contributed by atoms with Crippen LogP contribution in [0.15, 0.2) is 4.42 Å². The highest BCUT2D eigenvalue weighted by Gasteiger charge is 2.29. The Hall–Kier alpha value is -1.43. The Morgan fingerprint density at radius 3 is 2.76 bits per heavy atom. The van der Waals surface area contributed by atoms with E-state index in [1.165, 1.54) is 0 Å². The minimum Gasteiger partial charge on any atom is -0.425 e. The Labute approximate surface area is 125 Å². The number of piperidine rings is 2. The Morgan fingerprint density at radius 1 is 1.29 bits per heavy atom. The van der Waals surface area contributed by atoms with E-state index < -0.39 is 0 Å². The number of rotatable bonds is 3. The topological polar surface area (TPSA) is 71.3 Å². The highest BCUT2D eigenvalue weighted by Crippen LogP contribution is 2.29. The lowest BCUT2D eigenvalue weighted by Crippen LogP contribution is -2.38. The molecule has 1 aromatic rings. The molecule has 1 N–H and O–H groups in total. The number of carbonyl (C=O) groups excluding carboxylic acids is 1. The Morgan fingerprint density at radius 2 is 2.05 bits per heavy atom. The van der Waals surface area contributed by atoms with Gasteiger partial charge in [-0.15, -0.1) is 10.2 Å². The molecule has 6 nitrogen and oxygen atoms in total. The quantitative estimate of drug-likeness (QED) is 0.917. The third-order valence-electron chi connectivity index (χ3n) is 4.53. The molecule has 2 saturated heterocycles. The van der Waals surface area contributed by atoms with Crippen molar-refractivity contribution in [2.45, 2.75) is 50.9 Å². The molecule has 0 aliphatic carbocycles. The van der Waals surface area contributed by atoms with Gasteiger partial charge in [0, 0.05) is 32.0 Å². The van der Waals surface area contributed by atoms with Gasteiger partial charge in [-0.1, -0.05) is 6.92 Å². The largest absolute Gasteiger partial charge is 0.425 e. The summed E-state index contributed by atoms with van der Waals surface area (Å²) in [6.07, 6.45) is 4.87. The molecule has 6 heteroatoms. The van der Waals surface area contributed by atoms with E-state index in [2.05, 4.69) is 15.5 Å². The number of hydrogen-bond donors (Lipinski definition) is 1. The van der Waals surface area contributed by atoms with Gasteiger partial charge in [0.15, 0.2) is 0 Å². The molecule has 0 bridgehead atoms. The fourth-order valence-electron chi connectivity index (χ4n) is 3.27. The molecule has 3 rings (SSSR count). The van der Waals surface area contributed by atoms with Crippen LogP contribution in [0.25, 0.3) is 0 Å². The van der Waals surface area contributed by atoms with Gasteiger partial charge in [-0.05, 0) is 32.2 Å². The number of nitrogens with one attached hydrogen (secondary N) is 1. The van der Waals surface area contributed by atoms with E-state index in [-0.39, 0.29) is 11.8 Å². The Bertz CT molecular complexity index is 482. The summed E-state index contributed by atoms with van der Waals surface area (Å²) in [7, 11) is 0. The summed E-state index contributed by atoms with van der Waals surface area (Å²) in [6, 6.07) is 0. The van der Waals surface area contributed by atoms with E-state index in [1.54, 1.807) is 0 Å². The molecule has 21 heavy (non-hydrogen) atoms. The van der Waals surface area contributed by atoms with Crippen LogP contribution in [0.3, 0.4) is 0 Å². The fraction of sp³-hybridized carbons (Fsp3) is 0.800. The molecule has 2 atom stereocenters. The van der Waals surface area contributed by atoms with Crippen LogP contribution < -0.4 is 5.32 Å². The Kier molecular flexibility index (Phi) is 4.53. The van der Waals surface area contributed by atoms with Crippen LogP contribution in [0, 0.1) is 0 Å². The van der Waals surface area contributed by atoms with Gasteiger partial charge >= 0.3 is 0 Å². The van der Waals surface area contributed by atoms with Crippen molar-refractivity contribution in [3.05, 3.63) is 11.8 Å². The second-order valence-corrected chi connectivity index (χ2v) is 6.05. The first-order valence-electron chi connectivity index (χ1n) is 8.09. The Balaban J connectivity index is 1.66. The molecule has 1 aromatic heterocycles. The van der Waals surface area contributed by atoms with E-state index in [1.807, 2.05) is 11.8 Å². The van der Waals surface area contributed by atoms with Crippen molar-refractivity contribution >= 4 is 5.91 Å². The van der Waals surface area contributed by atoms with Crippen molar-refractivity contribution < 1.29 is 9.21 Å². The predicted molar refractivity (Wildman–Crippen MR) is 78.0 cm³/mol. The average molecular weight is 292 g/mol. The van der Waals surface area contributed by atoms with Crippen LogP contribution in [0.4, 0.5) is 0 Å². The molecule has 2 aliphatic heterocycles. The third-order valence-corrected chi connectivity index (χ3v) is 4.53. The maximum atomic E-state index is 11.8. The van der Waals surface area contributed by atoms with Crippen LogP contribution >= 0.6 is 0 Å². The van der Waals surface area contributed by atoms with Gasteiger partial charge in [0.05, 0.1) is 5.92 Å². The smallest absolute Gasteiger partial charge is 0.222 e. The van der Waals surface area contributed by atoms with Gasteiger partial charge in [-0.2, -0.15) is 0 Å². The van der Waals surface area contributed by atoms with Crippen LogP contribution in [0.1, 0.15) is 62.6 Å². The minimum atomic E-state index is 0.201. The molecule has 0 unspecified atom stereocenters. The van der Waals surface area contributed by atoms with E-state index in [9.17, 15) is 4.79 Å². The van der Waals surface area contributed by atoms with Gasteiger partial charge in [0.1, 0.15) is 0 Å². The highest BCUT2D eigenvalue weighted by molar-refractivity contribution is 5.75. The van der Waals surface area contributed by atoms with Crippen LogP contribution in [-0.4, -0.2) is 47.2 Å². The lowest BCUT2D eigenvalue weighted by Gasteiger charge is -2.30. The lowest BCUT2D eigenvalue weighted by molar-refractivity contribution is -0.132. The summed E-state index contributed by atoms with van der Waals surface area (Å²) < 4.78 is 5.92. The zero-order chi connectivity index (χ0) is 14.7. The monoisotopic (exact) mass is 292 g/mol. The normalized spacial score (nSPS) is 26.8. The van der Waals surface area contributed by atoms with E-state index in [0.717, 1.165) is 57.8 Å². The summed E-state index contributed by atoms with van der Waals surface area (Å²) in [6.45, 7) is 5.49. The van der Waals surface area contributed by atoms with Gasteiger partial charge in [0.2, 0.25) is 17.7 Å². The first-order valence-corrected chi connectivity index (χ1v) is 8.09. The van der Waals surface area contributed by atoms with E-state index in [4.69, 9.17) is 4.42 Å². The second kappa shape index (κ2) is 6.56. The van der Waals surface area contributed by atoms with E-state index >= 15 is 0 Å². The SMILES string of the molecule is CCC(=O)N1CCC[C@@H](c2nnc([C@@H]3CCCNC3)o2)C1. The summed E-state index contributed by atoms with van der Waals surface area (Å²) in [5.41, 5.74) is 0. The minimum absolute atomic E-state index is 0.201. The van der Waals surface area contributed by atoms with Crippen molar-refractivity contribution in [2.75, 3.05) is 26.2 Å². The fourth-order valence-corrected chi connectivity index (χ4v) is 3.27. The molecular weight excluding hydrogens is 268 g/mol. The number of nitrogens with zero attached hydrogens (tertiary/aromatic N) is 3. The van der Waals surface area contributed by atoms with Gasteiger partial charge < -0.3 is 14.6 Å². The highest BCUT2D eigenvalue weighted by atomic mass is 16.4. The van der Waals surface area contributed by atoms with Gasteiger partial charge in [-0.25, -0.2) is 0 Å². The number of likely N-dealkylation sites (tertiary alicyclic amines) is 1. The molecule has 116 valence electrons. The average Bonchev–Trinajstić information content (AvgIpc) is 3.05. The molecule has 2 fully saturated rings. The summed E-state index contributed by atoms with van der Waals surface area (Å²) in [5.74, 6) is 2.24. The van der Waals surface area contributed by atoms with Crippen molar-refractivity contribution in [3.63, 3.8) is 0 Å². The number of amides is 1. The molecule has 1 amide bonds. The maximum Gasteiger partial charge on any atom is 0.222 e. The van der Waals surface area contributed by atoms with Crippen molar-refractivity contribution in [2.24, 2.45) is 0 Å². The summed E-state index contributed by atoms with van der Waals surface area (Å²) in [5, 5.41) is 11.9. The van der Waals surface area contributed by atoms with Gasteiger partial charge in [-0.3, -0.25) is 4.79 Å². The standard InChI is InChI=1S/C15H24N4O2/c1-2-13(20)19-8-4-6-12(10-19)15-18-17-14(21-15)11-5-3-7-16-9-11/h11-12,16H,2-10H2,1H3/t11-,12-/m1/s1. The van der Waals surface area contributed by atoms with Crippen LogP contribution in [0.2, 0.25) is 0 Å². The maximum absolute atomic E-state index is 11.8. The van der Waals surface area contributed by atoms with E-state index in [0.29, 0.717) is 18.2 Å². The van der Waals surface area contributed by atoms with Gasteiger partial charge in [0.25, 0.3) is 0 Å². The number of carbonyl (C=O) groups is 1. The molecule has 0 saturated carbocycles. The zero-order valence-corrected chi connectivity index (χ0v) is 12.7. The van der Waals surface area contributed by atoms with Crippen molar-refractivity contribution in [1.29, 1.82) is 0 Å². The lowest BCUT2D eigenvalue weighted by atomic mass is 9.97. The van der Waals surface area contributed by atoms with Crippen LogP contribution in [0.5, 0.6) is 0 Å². The van der Waals surface area contributed by atoms with Crippen molar-refractivity contribution in [1.82, 2.24) is 20.4 Å². The molecule has 0 spiro atoms.